The van der Waals surface area contributed by atoms with Gasteiger partial charge in [0.05, 0.1) is 81.1 Å². The van der Waals surface area contributed by atoms with E-state index in [1.807, 2.05) is 57.5 Å². The number of carbonyl (C=O) groups is 4. The molecule has 5 aliphatic rings. The summed E-state index contributed by atoms with van der Waals surface area (Å²) in [5.41, 5.74) is 6.23. The highest BCUT2D eigenvalue weighted by Gasteiger charge is 2.59. The number of ether oxygens (including phenoxy) is 4. The summed E-state index contributed by atoms with van der Waals surface area (Å²) < 4.78 is 22.5. The third kappa shape index (κ3) is 14.4. The smallest absolute Gasteiger partial charge is 0.246 e. The van der Waals surface area contributed by atoms with Gasteiger partial charge in [-0.05, 0) is 122 Å². The molecule has 4 amide bonds. The van der Waals surface area contributed by atoms with Crippen molar-refractivity contribution in [3.05, 3.63) is 52.7 Å². The number of benzene rings is 1. The highest BCUT2D eigenvalue weighted by Crippen LogP contribution is 2.67. The molecule has 2 aromatic rings. The zero-order valence-electron chi connectivity index (χ0n) is 44.9. The lowest BCUT2D eigenvalue weighted by Gasteiger charge is -2.58. The Hall–Kier alpha value is -3.77. The lowest BCUT2D eigenvalue weighted by molar-refractivity contribution is -0.144. The van der Waals surface area contributed by atoms with Crippen molar-refractivity contribution in [1.29, 1.82) is 0 Å². The van der Waals surface area contributed by atoms with Crippen molar-refractivity contribution in [2.75, 3.05) is 65.9 Å². The van der Waals surface area contributed by atoms with Crippen molar-refractivity contribution >= 4 is 35.0 Å². The Morgan fingerprint density at radius 3 is 2.19 bits per heavy atom. The minimum absolute atomic E-state index is 0.000678. The van der Waals surface area contributed by atoms with Gasteiger partial charge in [-0.2, -0.15) is 0 Å². The predicted molar refractivity (Wildman–Crippen MR) is 282 cm³/mol. The second-order valence-electron chi connectivity index (χ2n) is 23.4. The Morgan fingerprint density at radius 2 is 1.52 bits per heavy atom. The molecule has 73 heavy (non-hydrogen) atoms. The number of nitrogens with zero attached hydrogens (tertiary/aromatic N) is 2. The fourth-order valence-corrected chi connectivity index (χ4v) is 14.3. The zero-order valence-corrected chi connectivity index (χ0v) is 45.7. The summed E-state index contributed by atoms with van der Waals surface area (Å²) in [6, 6.07) is 6.11. The topological polar surface area (TPSA) is 198 Å². The predicted octanol–water partition coefficient (Wildman–Crippen LogP) is 7.16. The fourth-order valence-electron chi connectivity index (χ4n) is 13.5. The van der Waals surface area contributed by atoms with Crippen molar-refractivity contribution < 1.29 is 48.3 Å². The van der Waals surface area contributed by atoms with Crippen LogP contribution < -0.4 is 16.0 Å². The van der Waals surface area contributed by atoms with Crippen molar-refractivity contribution in [2.45, 2.75) is 156 Å². The number of aromatic nitrogens is 1. The van der Waals surface area contributed by atoms with Crippen LogP contribution in [-0.4, -0.2) is 134 Å². The zero-order chi connectivity index (χ0) is 52.3. The number of carbonyl (C=O) groups excluding carboxylic acids is 4. The summed E-state index contributed by atoms with van der Waals surface area (Å²) in [5, 5.41) is 29.8. The van der Waals surface area contributed by atoms with E-state index in [4.69, 9.17) is 18.9 Å². The fraction of sp³-hybridized carbons (Fsp3) is 0.737. The summed E-state index contributed by atoms with van der Waals surface area (Å²) in [7, 11) is 0. The van der Waals surface area contributed by atoms with E-state index in [9.17, 15) is 29.4 Å². The molecule has 4 aliphatic carbocycles. The minimum atomic E-state index is -0.922. The van der Waals surface area contributed by atoms with Gasteiger partial charge in [-0.3, -0.25) is 19.2 Å². The van der Waals surface area contributed by atoms with E-state index in [-0.39, 0.29) is 68.4 Å². The number of fused-ring (bicyclic) bond motifs is 5. The van der Waals surface area contributed by atoms with Gasteiger partial charge >= 0.3 is 0 Å². The lowest BCUT2D eigenvalue weighted by atomic mass is 9.47. The Balaban J connectivity index is 0.687. The van der Waals surface area contributed by atoms with Crippen molar-refractivity contribution in [1.82, 2.24) is 25.8 Å². The Labute approximate surface area is 438 Å². The van der Waals surface area contributed by atoms with Gasteiger partial charge in [-0.1, -0.05) is 77.5 Å². The Morgan fingerprint density at radius 1 is 0.836 bits per heavy atom. The monoisotopic (exact) mass is 1030 g/mol. The molecule has 3 saturated carbocycles. The number of thiazole rings is 1. The summed E-state index contributed by atoms with van der Waals surface area (Å²) in [5.74, 6) is 2.40. The molecule has 1 saturated heterocycles. The van der Waals surface area contributed by atoms with Crippen LogP contribution in [0.4, 0.5) is 0 Å². The van der Waals surface area contributed by atoms with Gasteiger partial charge in [-0.25, -0.2) is 4.98 Å². The first kappa shape index (κ1) is 56.9. The Bertz CT molecular complexity index is 2180. The lowest BCUT2D eigenvalue weighted by Crippen LogP contribution is -2.57. The highest BCUT2D eigenvalue weighted by molar-refractivity contribution is 7.13. The van der Waals surface area contributed by atoms with E-state index in [0.29, 0.717) is 69.9 Å². The van der Waals surface area contributed by atoms with Crippen LogP contribution in [0.2, 0.25) is 0 Å². The summed E-state index contributed by atoms with van der Waals surface area (Å²) in [6.45, 7) is 18.5. The number of aliphatic hydroxyl groups excluding tert-OH is 2. The van der Waals surface area contributed by atoms with Gasteiger partial charge in [0.15, 0.2) is 0 Å². The molecule has 0 radical (unpaired) electrons. The standard InChI is InChI=1S/C57H87N5O10S/c1-37(45-15-16-46-44-14-13-41-32-42(63)18-21-56(41,6)47(44)19-22-57(45,46)7)8-17-49(65)58-23-25-70-27-29-72-31-30-71-28-26-69-24-20-50(66)61-52(55(3,4)5)54(68)62-35-43(64)33-48(62)53(67)59-34-39-9-11-40(12-10-39)51-38(2)60-36-73-51/h9-13,36-37,42-48,52,63-64H,8,14-35H2,1-7H3,(H,58,65)(H,59,67)(H,61,66)/t37-,42+,43-,44+,45-,46+,47+,48?,52+,56+,57-/m1/s1. The first-order chi connectivity index (χ1) is 34.9. The normalized spacial score (nSPS) is 28.6. The minimum Gasteiger partial charge on any atom is -0.393 e. The Kier molecular flexibility index (Phi) is 20.2. The molecule has 4 fully saturated rings. The third-order valence-electron chi connectivity index (χ3n) is 17.5. The number of β-amino-alcohol motifs (C(OH)–C–C–N with tert-alkyl or cyclic N) is 1. The number of amides is 4. The average molecular weight is 1030 g/mol. The van der Waals surface area contributed by atoms with Gasteiger partial charge < -0.3 is 50.0 Å². The van der Waals surface area contributed by atoms with E-state index in [2.05, 4.69) is 47.8 Å². The third-order valence-corrected chi connectivity index (χ3v) is 18.5. The van der Waals surface area contributed by atoms with Crippen LogP contribution in [0, 0.1) is 52.8 Å². The number of aryl methyl sites for hydroxylation is 1. The number of aliphatic hydroxyl groups is 2. The second-order valence-corrected chi connectivity index (χ2v) is 24.2. The molecule has 1 aromatic heterocycles. The van der Waals surface area contributed by atoms with E-state index < -0.39 is 29.5 Å². The molecule has 16 heteroatoms. The van der Waals surface area contributed by atoms with Crippen LogP contribution in [0.1, 0.15) is 130 Å². The van der Waals surface area contributed by atoms with Gasteiger partial charge in [0.1, 0.15) is 12.1 Å². The molecular formula is C57H87N5O10S. The van der Waals surface area contributed by atoms with E-state index in [0.717, 1.165) is 65.1 Å². The number of nitrogens with one attached hydrogen (secondary N) is 3. The van der Waals surface area contributed by atoms with Crippen LogP contribution in [0.5, 0.6) is 0 Å². The van der Waals surface area contributed by atoms with E-state index >= 15 is 0 Å². The molecule has 5 N–H and O–H groups in total. The van der Waals surface area contributed by atoms with Crippen LogP contribution in [-0.2, 0) is 44.7 Å². The molecule has 1 unspecified atom stereocenters. The van der Waals surface area contributed by atoms with Crippen LogP contribution in [0.3, 0.4) is 0 Å². The second kappa shape index (κ2) is 25.8. The molecule has 11 atom stereocenters. The van der Waals surface area contributed by atoms with Crippen molar-refractivity contribution in [2.24, 2.45) is 45.8 Å². The highest BCUT2D eigenvalue weighted by atomic mass is 32.1. The van der Waals surface area contributed by atoms with Crippen molar-refractivity contribution in [3.63, 3.8) is 0 Å². The maximum absolute atomic E-state index is 14.0. The number of hydrogen-bond donors (Lipinski definition) is 5. The molecule has 406 valence electrons. The van der Waals surface area contributed by atoms with Gasteiger partial charge in [0, 0.05) is 38.9 Å². The largest absolute Gasteiger partial charge is 0.393 e. The number of likely N-dealkylation sites (tertiary alicyclic amines) is 1. The van der Waals surface area contributed by atoms with E-state index in [1.54, 1.807) is 11.3 Å². The average Bonchev–Trinajstić information content (AvgIpc) is 4.08. The van der Waals surface area contributed by atoms with Gasteiger partial charge in [0.2, 0.25) is 23.6 Å². The van der Waals surface area contributed by atoms with Crippen molar-refractivity contribution in [3.8, 4) is 10.4 Å². The van der Waals surface area contributed by atoms with E-state index in [1.165, 1.54) is 42.6 Å². The number of rotatable bonds is 25. The van der Waals surface area contributed by atoms with Gasteiger partial charge in [-0.15, -0.1) is 11.3 Å². The molecule has 1 aliphatic heterocycles. The van der Waals surface area contributed by atoms with Crippen LogP contribution >= 0.6 is 11.3 Å². The first-order valence-corrected chi connectivity index (χ1v) is 28.3. The molecule has 0 bridgehead atoms. The molecular weight excluding hydrogens is 947 g/mol. The van der Waals surface area contributed by atoms with Gasteiger partial charge in [0.25, 0.3) is 0 Å². The molecule has 7 rings (SSSR count). The number of hydrogen-bond acceptors (Lipinski definition) is 12. The first-order valence-electron chi connectivity index (χ1n) is 27.4. The molecule has 2 heterocycles. The molecule has 1 aromatic carbocycles. The quantitative estimate of drug-likeness (QED) is 0.0500. The maximum atomic E-state index is 14.0. The summed E-state index contributed by atoms with van der Waals surface area (Å²) in [4.78, 5) is 60.0. The van der Waals surface area contributed by atoms with Crippen LogP contribution in [0.25, 0.3) is 10.4 Å². The maximum Gasteiger partial charge on any atom is 0.246 e. The number of allylic oxidation sites excluding steroid dienone is 1. The summed E-state index contributed by atoms with van der Waals surface area (Å²) >= 11 is 1.58. The van der Waals surface area contributed by atoms with Crippen LogP contribution in [0.15, 0.2) is 41.4 Å². The summed E-state index contributed by atoms with van der Waals surface area (Å²) in [6.07, 6.45) is 12.4. The molecule has 15 nitrogen and oxygen atoms in total. The molecule has 0 spiro atoms. The SMILES string of the molecule is Cc1ncsc1-c1ccc(CNC(=O)C2C[C@@H](O)CN2C(=O)[C@H](NC(=O)CCOCCOCCOCCOCCNC(=O)CC[C@@H](C)[C@H]2CC[C@H]3[C@@H]4CC=C5C[C@@H](O)CC[C@]5(C)[C@H]4CC[C@]23C)C(C)(C)C)cc1.